The first-order valence-electron chi connectivity index (χ1n) is 9.25. The number of ether oxygens (including phenoxy) is 2. The van der Waals surface area contributed by atoms with Crippen molar-refractivity contribution in [3.63, 3.8) is 0 Å². The number of rotatable bonds is 6. The van der Waals surface area contributed by atoms with Crippen molar-refractivity contribution in [2.24, 2.45) is 4.99 Å². The number of fused-ring (bicyclic) bond motifs is 2. The molecule has 0 spiro atoms. The Bertz CT molecular complexity index is 1070. The van der Waals surface area contributed by atoms with Gasteiger partial charge in [-0.15, -0.1) is 0 Å². The van der Waals surface area contributed by atoms with E-state index in [1.54, 1.807) is 11.8 Å². The molecule has 0 aliphatic carbocycles. The van der Waals surface area contributed by atoms with Crippen molar-refractivity contribution in [1.82, 2.24) is 4.57 Å². The van der Waals surface area contributed by atoms with Gasteiger partial charge in [-0.1, -0.05) is 42.5 Å². The van der Waals surface area contributed by atoms with Crippen molar-refractivity contribution in [3.8, 4) is 11.5 Å². The average molecular weight is 415 g/mol. The molecule has 146 valence electrons. The number of carbonyl (C=O) groups is 1. The van der Waals surface area contributed by atoms with Gasteiger partial charge in [0.05, 0.1) is 16.6 Å². The fourth-order valence-corrected chi connectivity index (χ4v) is 4.61. The number of amides is 1. The van der Waals surface area contributed by atoms with Gasteiger partial charge in [-0.3, -0.25) is 4.79 Å². The smallest absolute Gasteiger partial charge is 0.252 e. The van der Waals surface area contributed by atoms with Gasteiger partial charge in [0, 0.05) is 24.4 Å². The molecule has 0 saturated carbocycles. The highest BCUT2D eigenvalue weighted by Gasteiger charge is 2.18. The number of nitrogens with zero attached hydrogens (tertiary/aromatic N) is 2. The van der Waals surface area contributed by atoms with Crippen LogP contribution in [0.25, 0.3) is 10.2 Å². The Labute approximate surface area is 172 Å². The summed E-state index contributed by atoms with van der Waals surface area (Å²) in [5.41, 5.74) is 3.29. The quantitative estimate of drug-likeness (QED) is 0.611. The third-order valence-corrected chi connectivity index (χ3v) is 6.34. The highest BCUT2D eigenvalue weighted by molar-refractivity contribution is 7.98. The number of benzene rings is 2. The lowest BCUT2D eigenvalue weighted by Crippen LogP contribution is -2.18. The second-order valence-corrected chi connectivity index (χ2v) is 8.55. The van der Waals surface area contributed by atoms with E-state index in [-0.39, 0.29) is 12.7 Å². The molecule has 0 saturated heterocycles. The number of hydrogen-bond acceptors (Lipinski definition) is 5. The molecule has 0 bridgehead atoms. The molecule has 0 unspecified atom stereocenters. The van der Waals surface area contributed by atoms with E-state index >= 15 is 0 Å². The fourth-order valence-electron chi connectivity index (χ4n) is 3.16. The van der Waals surface area contributed by atoms with Gasteiger partial charge in [0.25, 0.3) is 5.91 Å². The minimum absolute atomic E-state index is 0.131. The third kappa shape index (κ3) is 3.95. The van der Waals surface area contributed by atoms with Crippen LogP contribution in [-0.2, 0) is 24.2 Å². The summed E-state index contributed by atoms with van der Waals surface area (Å²) in [6.45, 7) is 3.17. The predicted molar refractivity (Wildman–Crippen MR) is 114 cm³/mol. The zero-order valence-corrected chi connectivity index (χ0v) is 17.6. The Balaban J connectivity index is 1.68. The molecule has 0 radical (unpaired) electrons. The Kier molecular flexibility index (Phi) is 5.73. The van der Waals surface area contributed by atoms with Crippen LogP contribution in [0.15, 0.2) is 41.4 Å². The van der Waals surface area contributed by atoms with Crippen molar-refractivity contribution in [2.45, 2.75) is 26.3 Å². The van der Waals surface area contributed by atoms with Gasteiger partial charge in [-0.25, -0.2) is 0 Å². The molecule has 3 aromatic rings. The van der Waals surface area contributed by atoms with E-state index in [9.17, 15) is 4.79 Å². The minimum atomic E-state index is -0.131. The van der Waals surface area contributed by atoms with Gasteiger partial charge in [0.15, 0.2) is 16.3 Å². The zero-order valence-electron chi connectivity index (χ0n) is 15.9. The summed E-state index contributed by atoms with van der Waals surface area (Å²) in [6, 6.07) is 12.1. The van der Waals surface area contributed by atoms with Crippen LogP contribution in [0.1, 0.15) is 18.1 Å². The van der Waals surface area contributed by atoms with Crippen LogP contribution >= 0.6 is 23.1 Å². The molecule has 2 aromatic carbocycles. The van der Waals surface area contributed by atoms with Crippen molar-refractivity contribution in [3.05, 3.63) is 52.3 Å². The number of aromatic nitrogens is 1. The predicted octanol–water partition coefficient (Wildman–Crippen LogP) is 4.03. The second kappa shape index (κ2) is 8.41. The van der Waals surface area contributed by atoms with E-state index in [4.69, 9.17) is 9.47 Å². The molecule has 4 rings (SSSR count). The molecule has 1 amide bonds. The van der Waals surface area contributed by atoms with Gasteiger partial charge in [-0.05, 0) is 23.8 Å². The molecular weight excluding hydrogens is 392 g/mol. The summed E-state index contributed by atoms with van der Waals surface area (Å²) in [7, 11) is 0. The van der Waals surface area contributed by atoms with Crippen molar-refractivity contribution < 1.29 is 14.3 Å². The Hall–Kier alpha value is -2.25. The Morgan fingerprint density at radius 2 is 1.89 bits per heavy atom. The largest absolute Gasteiger partial charge is 0.454 e. The molecule has 0 atom stereocenters. The van der Waals surface area contributed by atoms with Gasteiger partial charge >= 0.3 is 0 Å². The van der Waals surface area contributed by atoms with E-state index in [1.807, 2.05) is 24.3 Å². The van der Waals surface area contributed by atoms with Gasteiger partial charge in [0.1, 0.15) is 0 Å². The van der Waals surface area contributed by atoms with Crippen molar-refractivity contribution >= 4 is 39.2 Å². The maximum absolute atomic E-state index is 12.6. The SMILES string of the molecule is CCc1ccc(CC(=O)N=c2sc3cc4c(cc3n2CCSC)OCO4)cc1. The van der Waals surface area contributed by atoms with E-state index in [1.165, 1.54) is 16.9 Å². The molecule has 1 aliphatic heterocycles. The normalized spacial score (nSPS) is 13.4. The van der Waals surface area contributed by atoms with E-state index in [2.05, 4.69) is 34.9 Å². The summed E-state index contributed by atoms with van der Waals surface area (Å²) in [6.07, 6.45) is 3.38. The number of carbonyl (C=O) groups excluding carboxylic acids is 1. The molecule has 28 heavy (non-hydrogen) atoms. The minimum Gasteiger partial charge on any atom is -0.454 e. The van der Waals surface area contributed by atoms with Gasteiger partial charge < -0.3 is 14.0 Å². The molecular formula is C21H22N2O3S2. The van der Waals surface area contributed by atoms with Crippen LogP contribution in [-0.4, -0.2) is 29.3 Å². The zero-order chi connectivity index (χ0) is 19.5. The van der Waals surface area contributed by atoms with Crippen LogP contribution in [0, 0.1) is 0 Å². The van der Waals surface area contributed by atoms with Crippen LogP contribution in [0.2, 0.25) is 0 Å². The highest BCUT2D eigenvalue weighted by atomic mass is 32.2. The van der Waals surface area contributed by atoms with E-state index in [0.717, 1.165) is 50.8 Å². The highest BCUT2D eigenvalue weighted by Crippen LogP contribution is 2.37. The number of thiazole rings is 1. The summed E-state index contributed by atoms with van der Waals surface area (Å²) >= 11 is 3.28. The van der Waals surface area contributed by atoms with Crippen LogP contribution in [0.3, 0.4) is 0 Å². The van der Waals surface area contributed by atoms with Crippen LogP contribution in [0.4, 0.5) is 0 Å². The van der Waals surface area contributed by atoms with Crippen LogP contribution < -0.4 is 14.3 Å². The summed E-state index contributed by atoms with van der Waals surface area (Å²) < 4.78 is 14.2. The number of aryl methyl sites for hydroxylation is 2. The summed E-state index contributed by atoms with van der Waals surface area (Å²) in [5, 5.41) is 0. The van der Waals surface area contributed by atoms with Crippen LogP contribution in [0.5, 0.6) is 11.5 Å². The first-order chi connectivity index (χ1) is 13.7. The summed E-state index contributed by atoms with van der Waals surface area (Å²) in [4.78, 5) is 17.8. The third-order valence-electron chi connectivity index (χ3n) is 4.70. The Morgan fingerprint density at radius 1 is 1.18 bits per heavy atom. The summed E-state index contributed by atoms with van der Waals surface area (Å²) in [5.74, 6) is 2.31. The lowest BCUT2D eigenvalue weighted by atomic mass is 10.1. The molecule has 0 N–H and O–H groups in total. The maximum Gasteiger partial charge on any atom is 0.252 e. The molecule has 1 aliphatic rings. The van der Waals surface area contributed by atoms with Crippen molar-refractivity contribution in [2.75, 3.05) is 18.8 Å². The molecule has 5 nitrogen and oxygen atoms in total. The average Bonchev–Trinajstić information content (AvgIpc) is 3.28. The van der Waals surface area contributed by atoms with Gasteiger partial charge in [-0.2, -0.15) is 16.8 Å². The van der Waals surface area contributed by atoms with Gasteiger partial charge in [0.2, 0.25) is 6.79 Å². The standard InChI is InChI=1S/C21H22N2O3S2/c1-3-14-4-6-15(7-5-14)10-20(24)22-21-23(8-9-27-2)16-11-17-18(26-13-25-17)12-19(16)28-21/h4-7,11-12H,3,8-10,13H2,1-2H3. The molecule has 2 heterocycles. The van der Waals surface area contributed by atoms with E-state index in [0.29, 0.717) is 6.42 Å². The molecule has 7 heteroatoms. The second-order valence-electron chi connectivity index (χ2n) is 6.55. The fraction of sp³-hybridized carbons (Fsp3) is 0.333. The topological polar surface area (TPSA) is 52.8 Å². The monoisotopic (exact) mass is 414 g/mol. The number of thioether (sulfide) groups is 1. The van der Waals surface area contributed by atoms with Crippen molar-refractivity contribution in [1.29, 1.82) is 0 Å². The lowest BCUT2D eigenvalue weighted by molar-refractivity contribution is -0.117. The number of hydrogen-bond donors (Lipinski definition) is 0. The lowest BCUT2D eigenvalue weighted by Gasteiger charge is -2.05. The Morgan fingerprint density at radius 3 is 2.61 bits per heavy atom. The first-order valence-corrected chi connectivity index (χ1v) is 11.5. The maximum atomic E-state index is 12.6. The van der Waals surface area contributed by atoms with E-state index < -0.39 is 0 Å². The first kappa shape index (κ1) is 19.1. The molecule has 1 aromatic heterocycles. The molecule has 0 fully saturated rings.